The third-order valence-electron chi connectivity index (χ3n) is 2.30. The van der Waals surface area contributed by atoms with Crippen LogP contribution >= 0.6 is 0 Å². The predicted octanol–water partition coefficient (Wildman–Crippen LogP) is 2.03. The Morgan fingerprint density at radius 3 is 2.15 bits per heavy atom. The number of rotatable bonds is 7. The van der Waals surface area contributed by atoms with Crippen LogP contribution in [0.3, 0.4) is 0 Å². The summed E-state index contributed by atoms with van der Waals surface area (Å²) in [4.78, 5) is 0. The number of aliphatic hydroxyl groups is 1. The van der Waals surface area contributed by atoms with E-state index in [0.29, 0.717) is 12.0 Å². The second kappa shape index (κ2) is 7.34. The molecule has 0 rings (SSSR count). The fourth-order valence-corrected chi connectivity index (χ4v) is 1.15. The maximum Gasteiger partial charge on any atom is 0.0468 e. The first-order valence-corrected chi connectivity index (χ1v) is 5.40. The number of aliphatic hydroxyl groups excluding tert-OH is 1. The molecule has 2 unspecified atom stereocenters. The molecule has 2 heteroatoms. The van der Waals surface area contributed by atoms with Crippen LogP contribution in [-0.4, -0.2) is 24.3 Å². The van der Waals surface area contributed by atoms with Crippen molar-refractivity contribution in [2.75, 3.05) is 13.2 Å². The van der Waals surface area contributed by atoms with Crippen molar-refractivity contribution >= 4 is 0 Å². The molecule has 0 spiro atoms. The van der Waals surface area contributed by atoms with Gasteiger partial charge in [-0.05, 0) is 31.6 Å². The second-order valence-corrected chi connectivity index (χ2v) is 4.57. The highest BCUT2D eigenvalue weighted by Gasteiger charge is 2.05. The van der Waals surface area contributed by atoms with Gasteiger partial charge in [0.1, 0.15) is 0 Å². The number of hydrogen-bond donors (Lipinski definition) is 2. The van der Waals surface area contributed by atoms with Crippen LogP contribution in [0.2, 0.25) is 0 Å². The lowest BCUT2D eigenvalue weighted by molar-refractivity contribution is 0.229. The van der Waals surface area contributed by atoms with Crippen molar-refractivity contribution in [2.24, 2.45) is 11.8 Å². The maximum absolute atomic E-state index is 8.83. The van der Waals surface area contributed by atoms with Crippen molar-refractivity contribution in [1.29, 1.82) is 0 Å². The van der Waals surface area contributed by atoms with Crippen molar-refractivity contribution in [3.05, 3.63) is 0 Å². The van der Waals surface area contributed by atoms with E-state index in [1.54, 1.807) is 0 Å². The van der Waals surface area contributed by atoms with Crippen LogP contribution in [-0.2, 0) is 0 Å². The van der Waals surface area contributed by atoms with Crippen LogP contribution in [0.25, 0.3) is 0 Å². The van der Waals surface area contributed by atoms with Crippen molar-refractivity contribution in [2.45, 2.75) is 46.6 Å². The highest BCUT2D eigenvalue weighted by atomic mass is 16.3. The van der Waals surface area contributed by atoms with Crippen LogP contribution < -0.4 is 5.32 Å². The molecule has 0 aliphatic rings. The summed E-state index contributed by atoms with van der Waals surface area (Å²) >= 11 is 0. The molecule has 0 radical (unpaired) electrons. The minimum atomic E-state index is 0.282. The van der Waals surface area contributed by atoms with Crippen molar-refractivity contribution in [1.82, 2.24) is 5.32 Å². The Hall–Kier alpha value is -0.0800. The molecule has 0 aliphatic carbocycles. The van der Waals surface area contributed by atoms with E-state index in [1.807, 2.05) is 0 Å². The van der Waals surface area contributed by atoms with E-state index < -0.39 is 0 Å². The summed E-state index contributed by atoms with van der Waals surface area (Å²) in [6.07, 6.45) is 2.51. The molecule has 0 aromatic carbocycles. The normalized spacial score (nSPS) is 16.2. The molecule has 0 aromatic heterocycles. The van der Waals surface area contributed by atoms with E-state index in [-0.39, 0.29) is 6.61 Å². The summed E-state index contributed by atoms with van der Waals surface area (Å²) in [5, 5.41) is 12.3. The minimum Gasteiger partial charge on any atom is -0.396 e. The molecule has 0 saturated heterocycles. The first-order chi connectivity index (χ1) is 6.06. The Morgan fingerprint density at radius 1 is 1.08 bits per heavy atom. The van der Waals surface area contributed by atoms with Gasteiger partial charge in [-0.15, -0.1) is 0 Å². The fourth-order valence-electron chi connectivity index (χ4n) is 1.15. The van der Waals surface area contributed by atoms with Crippen LogP contribution in [0.4, 0.5) is 0 Å². The molecule has 0 amide bonds. The first-order valence-electron chi connectivity index (χ1n) is 5.40. The van der Waals surface area contributed by atoms with E-state index in [2.05, 4.69) is 33.0 Å². The van der Waals surface area contributed by atoms with Gasteiger partial charge in [0.05, 0.1) is 0 Å². The van der Waals surface area contributed by atoms with Crippen molar-refractivity contribution in [3.63, 3.8) is 0 Å². The van der Waals surface area contributed by atoms with Gasteiger partial charge in [0, 0.05) is 19.2 Å². The Balaban J connectivity index is 3.34. The first kappa shape index (κ1) is 12.9. The molecular weight excluding hydrogens is 162 g/mol. The average molecular weight is 187 g/mol. The molecule has 2 nitrogen and oxygen atoms in total. The van der Waals surface area contributed by atoms with Gasteiger partial charge < -0.3 is 10.4 Å². The second-order valence-electron chi connectivity index (χ2n) is 4.57. The summed E-state index contributed by atoms with van der Waals surface area (Å²) in [7, 11) is 0. The monoisotopic (exact) mass is 187 g/mol. The number of hydrogen-bond acceptors (Lipinski definition) is 2. The van der Waals surface area contributed by atoms with Gasteiger partial charge in [-0.2, -0.15) is 0 Å². The van der Waals surface area contributed by atoms with Gasteiger partial charge in [0.15, 0.2) is 0 Å². The molecule has 0 aromatic rings. The summed E-state index contributed by atoms with van der Waals surface area (Å²) in [6, 6.07) is 0.580. The topological polar surface area (TPSA) is 32.3 Å². The lowest BCUT2D eigenvalue weighted by Crippen LogP contribution is -2.31. The summed E-state index contributed by atoms with van der Waals surface area (Å²) < 4.78 is 0. The Morgan fingerprint density at radius 2 is 1.69 bits per heavy atom. The summed E-state index contributed by atoms with van der Waals surface area (Å²) in [5.41, 5.74) is 0. The summed E-state index contributed by atoms with van der Waals surface area (Å²) in [5.74, 6) is 1.17. The maximum atomic E-state index is 8.83. The van der Waals surface area contributed by atoms with Gasteiger partial charge in [-0.1, -0.05) is 20.8 Å². The predicted molar refractivity (Wildman–Crippen MR) is 57.8 cm³/mol. The quantitative estimate of drug-likeness (QED) is 0.639. The minimum absolute atomic E-state index is 0.282. The Bertz CT molecular complexity index is 115. The molecule has 0 bridgehead atoms. The van der Waals surface area contributed by atoms with Gasteiger partial charge in [0.2, 0.25) is 0 Å². The fraction of sp³-hybridized carbons (Fsp3) is 1.00. The lowest BCUT2D eigenvalue weighted by atomic mass is 10.0. The molecule has 0 saturated carbocycles. The van der Waals surface area contributed by atoms with Crippen LogP contribution in [0.5, 0.6) is 0 Å². The zero-order valence-corrected chi connectivity index (χ0v) is 9.51. The van der Waals surface area contributed by atoms with Gasteiger partial charge in [0.25, 0.3) is 0 Å². The molecule has 2 atom stereocenters. The third-order valence-corrected chi connectivity index (χ3v) is 2.30. The zero-order valence-electron chi connectivity index (χ0n) is 9.51. The Kier molecular flexibility index (Phi) is 7.29. The summed E-state index contributed by atoms with van der Waals surface area (Å²) in [6.45, 7) is 9.99. The molecule has 80 valence electrons. The standard InChI is InChI=1S/C11H25NO/c1-9(2)5-6-11(4)12-7-10(3)8-13/h9-13H,5-8H2,1-4H3. The molecule has 13 heavy (non-hydrogen) atoms. The van der Waals surface area contributed by atoms with E-state index in [0.717, 1.165) is 12.5 Å². The van der Waals surface area contributed by atoms with Crippen LogP contribution in [0.15, 0.2) is 0 Å². The largest absolute Gasteiger partial charge is 0.396 e. The van der Waals surface area contributed by atoms with E-state index in [4.69, 9.17) is 5.11 Å². The Labute approximate surface area is 82.7 Å². The average Bonchev–Trinajstić information content (AvgIpc) is 2.10. The number of nitrogens with one attached hydrogen (secondary N) is 1. The van der Waals surface area contributed by atoms with Crippen molar-refractivity contribution in [3.8, 4) is 0 Å². The highest BCUT2D eigenvalue weighted by Crippen LogP contribution is 2.06. The SMILES string of the molecule is CC(C)CCC(C)NCC(C)CO. The third kappa shape index (κ3) is 8.26. The molecular formula is C11H25NO. The van der Waals surface area contributed by atoms with E-state index in [9.17, 15) is 0 Å². The van der Waals surface area contributed by atoms with Gasteiger partial charge in [-0.25, -0.2) is 0 Å². The molecule has 0 heterocycles. The molecule has 0 fully saturated rings. The zero-order chi connectivity index (χ0) is 10.3. The van der Waals surface area contributed by atoms with Crippen LogP contribution in [0.1, 0.15) is 40.5 Å². The van der Waals surface area contributed by atoms with E-state index in [1.165, 1.54) is 12.8 Å². The van der Waals surface area contributed by atoms with Gasteiger partial charge in [-0.3, -0.25) is 0 Å². The highest BCUT2D eigenvalue weighted by molar-refractivity contribution is 4.64. The van der Waals surface area contributed by atoms with Crippen LogP contribution in [0, 0.1) is 11.8 Å². The molecule has 0 aliphatic heterocycles. The molecule has 2 N–H and O–H groups in total. The van der Waals surface area contributed by atoms with Gasteiger partial charge >= 0.3 is 0 Å². The smallest absolute Gasteiger partial charge is 0.0468 e. The van der Waals surface area contributed by atoms with Crippen molar-refractivity contribution < 1.29 is 5.11 Å². The van der Waals surface area contributed by atoms with E-state index >= 15 is 0 Å². The lowest BCUT2D eigenvalue weighted by Gasteiger charge is -2.17.